The highest BCUT2D eigenvalue weighted by molar-refractivity contribution is 5.83. The maximum absolute atomic E-state index is 11.6. The summed E-state index contributed by atoms with van der Waals surface area (Å²) in [7, 11) is 0. The van der Waals surface area contributed by atoms with Crippen LogP contribution in [0.4, 0.5) is 4.79 Å². The van der Waals surface area contributed by atoms with Gasteiger partial charge in [-0.3, -0.25) is 0 Å². The van der Waals surface area contributed by atoms with Gasteiger partial charge in [0.15, 0.2) is 6.04 Å². The zero-order valence-corrected chi connectivity index (χ0v) is 9.14. The van der Waals surface area contributed by atoms with Crippen molar-refractivity contribution in [2.75, 3.05) is 26.2 Å². The van der Waals surface area contributed by atoms with E-state index in [9.17, 15) is 14.7 Å². The van der Waals surface area contributed by atoms with Crippen LogP contribution in [0.25, 0.3) is 0 Å². The van der Waals surface area contributed by atoms with Crippen molar-refractivity contribution in [3.63, 3.8) is 0 Å². The van der Waals surface area contributed by atoms with Gasteiger partial charge in [0.2, 0.25) is 0 Å². The molecule has 0 spiro atoms. The van der Waals surface area contributed by atoms with E-state index in [4.69, 9.17) is 5.11 Å². The van der Waals surface area contributed by atoms with Gasteiger partial charge in [0, 0.05) is 26.2 Å². The van der Waals surface area contributed by atoms with Crippen molar-refractivity contribution in [2.24, 2.45) is 0 Å². The molecule has 0 aromatic rings. The highest BCUT2D eigenvalue weighted by Crippen LogP contribution is 1.98. The Kier molecular flexibility index (Phi) is 4.51. The van der Waals surface area contributed by atoms with E-state index in [2.05, 4.69) is 10.6 Å². The number of aliphatic hydroxyl groups is 1. The number of piperazine rings is 1. The summed E-state index contributed by atoms with van der Waals surface area (Å²) in [6.45, 7) is 3.80. The number of carbonyl (C=O) groups excluding carboxylic acids is 1. The van der Waals surface area contributed by atoms with Crippen molar-refractivity contribution >= 4 is 12.0 Å². The van der Waals surface area contributed by atoms with Gasteiger partial charge in [-0.05, 0) is 6.92 Å². The van der Waals surface area contributed by atoms with Crippen molar-refractivity contribution in [3.8, 4) is 0 Å². The first-order chi connectivity index (χ1) is 7.52. The van der Waals surface area contributed by atoms with Gasteiger partial charge < -0.3 is 25.7 Å². The Balaban J connectivity index is 2.50. The predicted octanol–water partition coefficient (Wildman–Crippen LogP) is -1.56. The number of hydrogen-bond acceptors (Lipinski definition) is 4. The maximum Gasteiger partial charge on any atom is 0.328 e. The zero-order valence-electron chi connectivity index (χ0n) is 9.14. The standard InChI is InChI=1S/C9H17N3O4/c1-6(13)7(8(14)15)11-9(16)12-4-2-10-3-5-12/h6-7,10,13H,2-5H2,1H3,(H,11,16)(H,14,15). The van der Waals surface area contributed by atoms with Gasteiger partial charge in [0.1, 0.15) is 0 Å². The van der Waals surface area contributed by atoms with Gasteiger partial charge >= 0.3 is 12.0 Å². The lowest BCUT2D eigenvalue weighted by molar-refractivity contribution is -0.141. The van der Waals surface area contributed by atoms with Crippen LogP contribution in [0.2, 0.25) is 0 Å². The molecule has 0 aromatic heterocycles. The van der Waals surface area contributed by atoms with E-state index < -0.39 is 24.1 Å². The second kappa shape index (κ2) is 5.66. The molecule has 16 heavy (non-hydrogen) atoms. The SMILES string of the molecule is CC(O)C(NC(=O)N1CCNCC1)C(=O)O. The molecule has 0 aromatic carbocycles. The minimum Gasteiger partial charge on any atom is -0.480 e. The maximum atomic E-state index is 11.6. The number of urea groups is 1. The summed E-state index contributed by atoms with van der Waals surface area (Å²) in [4.78, 5) is 23.9. The van der Waals surface area contributed by atoms with Crippen molar-refractivity contribution in [2.45, 2.75) is 19.1 Å². The quantitative estimate of drug-likeness (QED) is 0.470. The molecule has 0 aliphatic carbocycles. The molecular formula is C9H17N3O4. The van der Waals surface area contributed by atoms with Gasteiger partial charge in [-0.1, -0.05) is 0 Å². The molecule has 4 N–H and O–H groups in total. The molecule has 92 valence electrons. The molecule has 2 unspecified atom stereocenters. The van der Waals surface area contributed by atoms with Gasteiger partial charge in [0.05, 0.1) is 6.10 Å². The molecule has 0 bridgehead atoms. The first-order valence-electron chi connectivity index (χ1n) is 5.19. The van der Waals surface area contributed by atoms with Crippen molar-refractivity contribution in [3.05, 3.63) is 0 Å². The van der Waals surface area contributed by atoms with Crippen LogP contribution in [0.3, 0.4) is 0 Å². The average molecular weight is 231 g/mol. The summed E-state index contributed by atoms with van der Waals surface area (Å²) >= 11 is 0. The van der Waals surface area contributed by atoms with Crippen LogP contribution in [0.15, 0.2) is 0 Å². The number of nitrogens with zero attached hydrogens (tertiary/aromatic N) is 1. The van der Waals surface area contributed by atoms with Gasteiger partial charge in [-0.15, -0.1) is 0 Å². The Morgan fingerprint density at radius 1 is 1.38 bits per heavy atom. The van der Waals surface area contributed by atoms with Crippen LogP contribution in [0, 0.1) is 0 Å². The van der Waals surface area contributed by atoms with Crippen molar-refractivity contribution in [1.29, 1.82) is 0 Å². The third-order valence-corrected chi connectivity index (χ3v) is 2.43. The molecule has 7 nitrogen and oxygen atoms in total. The van der Waals surface area contributed by atoms with E-state index in [-0.39, 0.29) is 0 Å². The van der Waals surface area contributed by atoms with Gasteiger partial charge in [-0.2, -0.15) is 0 Å². The van der Waals surface area contributed by atoms with Crippen LogP contribution in [-0.2, 0) is 4.79 Å². The number of aliphatic hydroxyl groups excluding tert-OH is 1. The molecule has 0 saturated carbocycles. The summed E-state index contributed by atoms with van der Waals surface area (Å²) in [5.74, 6) is -1.24. The highest BCUT2D eigenvalue weighted by atomic mass is 16.4. The lowest BCUT2D eigenvalue weighted by Gasteiger charge is -2.29. The zero-order chi connectivity index (χ0) is 12.1. The molecule has 1 aliphatic rings. The number of nitrogens with one attached hydrogen (secondary N) is 2. The number of carboxylic acid groups (broad SMARTS) is 1. The normalized spacial score (nSPS) is 20.0. The Morgan fingerprint density at radius 3 is 2.38 bits per heavy atom. The van der Waals surface area contributed by atoms with E-state index in [1.807, 2.05) is 0 Å². The predicted molar refractivity (Wildman–Crippen MR) is 56.1 cm³/mol. The van der Waals surface area contributed by atoms with Gasteiger partial charge in [-0.25, -0.2) is 9.59 Å². The van der Waals surface area contributed by atoms with E-state index >= 15 is 0 Å². The fourth-order valence-corrected chi connectivity index (χ4v) is 1.48. The molecule has 2 atom stereocenters. The van der Waals surface area contributed by atoms with Crippen LogP contribution in [0.1, 0.15) is 6.92 Å². The smallest absolute Gasteiger partial charge is 0.328 e. The average Bonchev–Trinajstić information content (AvgIpc) is 2.25. The number of carboxylic acids is 1. The topological polar surface area (TPSA) is 102 Å². The number of rotatable bonds is 3. The lowest BCUT2D eigenvalue weighted by Crippen LogP contribution is -2.56. The third kappa shape index (κ3) is 3.35. The largest absolute Gasteiger partial charge is 0.480 e. The summed E-state index contributed by atoms with van der Waals surface area (Å²) < 4.78 is 0. The first-order valence-corrected chi connectivity index (χ1v) is 5.19. The molecular weight excluding hydrogens is 214 g/mol. The van der Waals surface area contributed by atoms with E-state index in [1.54, 1.807) is 0 Å². The number of amides is 2. The molecule has 0 radical (unpaired) electrons. The molecule has 1 rings (SSSR count). The van der Waals surface area contributed by atoms with Gasteiger partial charge in [0.25, 0.3) is 0 Å². The van der Waals surface area contributed by atoms with Crippen molar-refractivity contribution in [1.82, 2.24) is 15.5 Å². The van der Waals surface area contributed by atoms with E-state index in [1.165, 1.54) is 11.8 Å². The third-order valence-electron chi connectivity index (χ3n) is 2.43. The molecule has 1 saturated heterocycles. The first kappa shape index (κ1) is 12.7. The Hall–Kier alpha value is -1.34. The minimum absolute atomic E-state index is 0.449. The summed E-state index contributed by atoms with van der Waals surface area (Å²) in [6, 6.07) is -1.71. The summed E-state index contributed by atoms with van der Waals surface area (Å²) in [5, 5.41) is 23.4. The number of hydrogen-bond donors (Lipinski definition) is 4. The van der Waals surface area contributed by atoms with Crippen LogP contribution < -0.4 is 10.6 Å². The van der Waals surface area contributed by atoms with Crippen molar-refractivity contribution < 1.29 is 19.8 Å². The molecule has 7 heteroatoms. The number of carbonyl (C=O) groups is 2. The monoisotopic (exact) mass is 231 g/mol. The highest BCUT2D eigenvalue weighted by Gasteiger charge is 2.27. The summed E-state index contributed by atoms with van der Waals surface area (Å²) in [6.07, 6.45) is -1.12. The van der Waals surface area contributed by atoms with Crippen LogP contribution in [-0.4, -0.2) is 65.4 Å². The van der Waals surface area contributed by atoms with Crippen LogP contribution in [0.5, 0.6) is 0 Å². The Labute approximate surface area is 93.4 Å². The fraction of sp³-hybridized carbons (Fsp3) is 0.778. The molecule has 1 fully saturated rings. The fourth-order valence-electron chi connectivity index (χ4n) is 1.48. The molecule has 1 heterocycles. The second-order valence-electron chi connectivity index (χ2n) is 3.74. The minimum atomic E-state index is -1.26. The second-order valence-corrected chi connectivity index (χ2v) is 3.74. The number of aliphatic carboxylic acids is 1. The van der Waals surface area contributed by atoms with E-state index in [0.717, 1.165) is 0 Å². The van der Waals surface area contributed by atoms with E-state index in [0.29, 0.717) is 26.2 Å². The Morgan fingerprint density at radius 2 is 1.94 bits per heavy atom. The van der Waals surface area contributed by atoms with Crippen LogP contribution >= 0.6 is 0 Å². The lowest BCUT2D eigenvalue weighted by atomic mass is 10.2. The summed E-state index contributed by atoms with van der Waals surface area (Å²) in [5.41, 5.74) is 0. The Bertz CT molecular complexity index is 263. The molecule has 1 aliphatic heterocycles. The molecule has 2 amide bonds.